The standard InChI is InChI=1S/C22H17ClFN3O4S2/c1-29-15-8-12(9-16(30-2)20(15)31-3)11-25-27(21(28)17-6-7-19(23)32-17)22-26-14-5-4-13(24)10-18(14)33-22/h4-11H,1-3H3. The molecule has 0 unspecified atom stereocenters. The third-order valence-corrected chi connectivity index (χ3v) is 6.72. The van der Waals surface area contributed by atoms with Crippen molar-refractivity contribution in [2.45, 2.75) is 0 Å². The van der Waals surface area contributed by atoms with E-state index in [2.05, 4.69) is 10.1 Å². The average Bonchev–Trinajstić information content (AvgIpc) is 3.43. The monoisotopic (exact) mass is 505 g/mol. The van der Waals surface area contributed by atoms with E-state index in [0.717, 1.165) is 27.7 Å². The predicted molar refractivity (Wildman–Crippen MR) is 129 cm³/mol. The van der Waals surface area contributed by atoms with Gasteiger partial charge in [0.1, 0.15) is 5.82 Å². The molecule has 33 heavy (non-hydrogen) atoms. The lowest BCUT2D eigenvalue weighted by atomic mass is 10.2. The number of fused-ring (bicyclic) bond motifs is 1. The van der Waals surface area contributed by atoms with Gasteiger partial charge in [0.15, 0.2) is 11.5 Å². The Bertz CT molecular complexity index is 1330. The Morgan fingerprint density at radius 3 is 2.39 bits per heavy atom. The number of aromatic nitrogens is 1. The molecule has 170 valence electrons. The maximum Gasteiger partial charge on any atom is 0.290 e. The molecule has 0 atom stereocenters. The molecule has 11 heteroatoms. The summed E-state index contributed by atoms with van der Waals surface area (Å²) in [4.78, 5) is 18.1. The van der Waals surface area contributed by atoms with Gasteiger partial charge in [-0.3, -0.25) is 4.79 Å². The summed E-state index contributed by atoms with van der Waals surface area (Å²) in [6, 6.07) is 10.9. The first-order valence-corrected chi connectivity index (χ1v) is 11.4. The van der Waals surface area contributed by atoms with E-state index in [1.165, 1.54) is 39.7 Å². The highest BCUT2D eigenvalue weighted by atomic mass is 35.5. The van der Waals surface area contributed by atoms with E-state index in [1.807, 2.05) is 0 Å². The van der Waals surface area contributed by atoms with Crippen molar-refractivity contribution in [1.82, 2.24) is 4.98 Å². The van der Waals surface area contributed by atoms with Crippen molar-refractivity contribution in [1.29, 1.82) is 0 Å². The van der Waals surface area contributed by atoms with E-state index in [9.17, 15) is 9.18 Å². The van der Waals surface area contributed by atoms with Gasteiger partial charge in [0.05, 0.1) is 47.0 Å². The number of amides is 1. The second-order valence-electron chi connectivity index (χ2n) is 6.53. The van der Waals surface area contributed by atoms with Crippen LogP contribution >= 0.6 is 34.3 Å². The van der Waals surface area contributed by atoms with E-state index in [0.29, 0.717) is 42.2 Å². The fourth-order valence-corrected chi connectivity index (χ4v) is 4.91. The van der Waals surface area contributed by atoms with Crippen molar-refractivity contribution in [3.05, 3.63) is 63.1 Å². The number of anilines is 1. The minimum absolute atomic E-state index is 0.286. The first kappa shape index (κ1) is 23.0. The Hall–Kier alpha value is -3.21. The minimum atomic E-state index is -0.421. The summed E-state index contributed by atoms with van der Waals surface area (Å²) in [7, 11) is 4.53. The number of ether oxygens (including phenoxy) is 3. The number of hydrogen-bond donors (Lipinski definition) is 0. The lowest BCUT2D eigenvalue weighted by Crippen LogP contribution is -2.24. The number of nitrogens with zero attached hydrogens (tertiary/aromatic N) is 3. The number of carbonyl (C=O) groups excluding carboxylic acids is 1. The third kappa shape index (κ3) is 4.77. The number of methoxy groups -OCH3 is 3. The number of thiophene rings is 1. The molecule has 0 saturated heterocycles. The molecular weight excluding hydrogens is 489 g/mol. The first-order valence-electron chi connectivity index (χ1n) is 9.43. The number of carbonyl (C=O) groups is 1. The molecule has 2 heterocycles. The topological polar surface area (TPSA) is 73.2 Å². The van der Waals surface area contributed by atoms with Gasteiger partial charge in [-0.1, -0.05) is 22.9 Å². The number of halogens is 2. The normalized spacial score (nSPS) is 11.2. The highest BCUT2D eigenvalue weighted by Crippen LogP contribution is 2.38. The Balaban J connectivity index is 1.78. The molecule has 0 radical (unpaired) electrons. The maximum atomic E-state index is 13.7. The molecule has 0 aliphatic rings. The number of rotatable bonds is 7. The Morgan fingerprint density at radius 2 is 1.79 bits per heavy atom. The minimum Gasteiger partial charge on any atom is -0.493 e. The fraction of sp³-hybridized carbons (Fsp3) is 0.136. The van der Waals surface area contributed by atoms with Gasteiger partial charge >= 0.3 is 0 Å². The molecule has 0 bridgehead atoms. The lowest BCUT2D eigenvalue weighted by Gasteiger charge is -2.14. The van der Waals surface area contributed by atoms with Crippen LogP contribution in [-0.4, -0.2) is 38.4 Å². The van der Waals surface area contributed by atoms with Crippen molar-refractivity contribution < 1.29 is 23.4 Å². The summed E-state index contributed by atoms with van der Waals surface area (Å²) in [5, 5.41) is 5.84. The van der Waals surface area contributed by atoms with Gasteiger partial charge in [0.25, 0.3) is 5.91 Å². The van der Waals surface area contributed by atoms with Crippen LogP contribution in [0.15, 0.2) is 47.6 Å². The van der Waals surface area contributed by atoms with Gasteiger partial charge in [0, 0.05) is 5.56 Å². The largest absolute Gasteiger partial charge is 0.493 e. The number of hydrazone groups is 1. The van der Waals surface area contributed by atoms with Gasteiger partial charge in [-0.25, -0.2) is 9.37 Å². The zero-order valence-electron chi connectivity index (χ0n) is 17.7. The second kappa shape index (κ2) is 9.74. The fourth-order valence-electron chi connectivity index (χ4n) is 3.00. The van der Waals surface area contributed by atoms with Crippen LogP contribution in [0.1, 0.15) is 15.2 Å². The number of hydrogen-bond acceptors (Lipinski definition) is 8. The van der Waals surface area contributed by atoms with E-state index in [4.69, 9.17) is 25.8 Å². The van der Waals surface area contributed by atoms with Gasteiger partial charge in [-0.05, 0) is 42.5 Å². The zero-order valence-corrected chi connectivity index (χ0v) is 20.1. The Morgan fingerprint density at radius 1 is 1.06 bits per heavy atom. The van der Waals surface area contributed by atoms with Crippen LogP contribution in [0.5, 0.6) is 17.2 Å². The molecule has 1 amide bonds. The molecule has 0 fully saturated rings. The molecule has 0 N–H and O–H groups in total. The molecule has 2 aromatic heterocycles. The van der Waals surface area contributed by atoms with Crippen molar-refractivity contribution in [3.63, 3.8) is 0 Å². The highest BCUT2D eigenvalue weighted by Gasteiger charge is 2.23. The number of thiazole rings is 1. The second-order valence-corrected chi connectivity index (χ2v) is 9.26. The van der Waals surface area contributed by atoms with E-state index < -0.39 is 5.91 Å². The summed E-state index contributed by atoms with van der Waals surface area (Å²) >= 11 is 8.30. The Kier molecular flexibility index (Phi) is 6.77. The molecule has 0 aliphatic heterocycles. The van der Waals surface area contributed by atoms with Crippen molar-refractivity contribution in [2.24, 2.45) is 5.10 Å². The molecular formula is C22H17ClFN3O4S2. The summed E-state index contributed by atoms with van der Waals surface area (Å²) in [5.74, 6) is 0.511. The van der Waals surface area contributed by atoms with Crippen molar-refractivity contribution in [2.75, 3.05) is 26.3 Å². The van der Waals surface area contributed by atoms with Crippen LogP contribution in [0.4, 0.5) is 9.52 Å². The SMILES string of the molecule is COc1cc(C=NN(C(=O)c2ccc(Cl)s2)c2nc3ccc(F)cc3s2)cc(OC)c1OC. The molecule has 0 aliphatic carbocycles. The molecule has 4 rings (SSSR count). The zero-order chi connectivity index (χ0) is 23.5. The van der Waals surface area contributed by atoms with E-state index in [-0.39, 0.29) is 10.9 Å². The summed E-state index contributed by atoms with van der Waals surface area (Å²) in [6.07, 6.45) is 1.48. The highest BCUT2D eigenvalue weighted by molar-refractivity contribution is 7.22. The quantitative estimate of drug-likeness (QED) is 0.232. The summed E-state index contributed by atoms with van der Waals surface area (Å²) in [5.41, 5.74) is 1.15. The van der Waals surface area contributed by atoms with Gasteiger partial charge in [-0.2, -0.15) is 10.1 Å². The van der Waals surface area contributed by atoms with E-state index in [1.54, 1.807) is 30.3 Å². The van der Waals surface area contributed by atoms with Crippen LogP contribution in [0, 0.1) is 5.82 Å². The predicted octanol–water partition coefficient (Wildman–Crippen LogP) is 5.86. The van der Waals surface area contributed by atoms with Gasteiger partial charge in [-0.15, -0.1) is 11.3 Å². The first-order chi connectivity index (χ1) is 15.9. The smallest absolute Gasteiger partial charge is 0.290 e. The van der Waals surface area contributed by atoms with Crippen LogP contribution in [-0.2, 0) is 0 Å². The third-order valence-electron chi connectivity index (χ3n) is 4.51. The molecule has 4 aromatic rings. The molecule has 2 aromatic carbocycles. The van der Waals surface area contributed by atoms with Crippen LogP contribution in [0.3, 0.4) is 0 Å². The summed E-state index contributed by atoms with van der Waals surface area (Å²) < 4.78 is 30.8. The van der Waals surface area contributed by atoms with Crippen molar-refractivity contribution >= 4 is 61.7 Å². The molecule has 0 spiro atoms. The van der Waals surface area contributed by atoms with Crippen LogP contribution in [0.2, 0.25) is 4.34 Å². The van der Waals surface area contributed by atoms with Gasteiger partial charge in [0.2, 0.25) is 10.9 Å². The Labute approximate surface area is 201 Å². The van der Waals surface area contributed by atoms with Gasteiger partial charge < -0.3 is 14.2 Å². The number of benzene rings is 2. The average molecular weight is 506 g/mol. The lowest BCUT2D eigenvalue weighted by molar-refractivity contribution is 0.0991. The van der Waals surface area contributed by atoms with Crippen LogP contribution in [0.25, 0.3) is 10.2 Å². The van der Waals surface area contributed by atoms with E-state index >= 15 is 0 Å². The summed E-state index contributed by atoms with van der Waals surface area (Å²) in [6.45, 7) is 0. The molecule has 0 saturated carbocycles. The van der Waals surface area contributed by atoms with Crippen LogP contribution < -0.4 is 19.2 Å². The van der Waals surface area contributed by atoms with Crippen molar-refractivity contribution in [3.8, 4) is 17.2 Å². The maximum absolute atomic E-state index is 13.7. The molecule has 7 nitrogen and oxygen atoms in total.